The highest BCUT2D eigenvalue weighted by atomic mass is 32.1. The molecule has 0 bridgehead atoms. The fraction of sp³-hybridized carbons (Fsp3) is 0.0952. The third kappa shape index (κ3) is 5.34. The van der Waals surface area contributed by atoms with Crippen LogP contribution in [0.15, 0.2) is 60.0 Å². The number of nitrogens with one attached hydrogen (secondary N) is 3. The topological polar surface area (TPSA) is 88.7 Å². The molecule has 2 amide bonds. The van der Waals surface area contributed by atoms with Crippen molar-refractivity contribution in [3.05, 3.63) is 70.4 Å². The smallest absolute Gasteiger partial charge is 0.265 e. The fourth-order valence-corrected chi connectivity index (χ4v) is 3.38. The maximum Gasteiger partial charge on any atom is 0.265 e. The summed E-state index contributed by atoms with van der Waals surface area (Å²) in [7, 11) is 3.02. The Labute approximate surface area is 183 Å². The molecule has 0 saturated carbocycles. The van der Waals surface area contributed by atoms with Crippen molar-refractivity contribution in [3.8, 4) is 11.5 Å². The predicted octanol–water partition coefficient (Wildman–Crippen LogP) is 4.14. The summed E-state index contributed by atoms with van der Waals surface area (Å²) >= 11 is 6.58. The zero-order chi connectivity index (χ0) is 21.5. The lowest BCUT2D eigenvalue weighted by Gasteiger charge is -2.12. The molecule has 7 nitrogen and oxygen atoms in total. The highest BCUT2D eigenvalue weighted by Gasteiger charge is 2.12. The molecule has 0 aliphatic rings. The number of carbonyl (C=O) groups is 2. The van der Waals surface area contributed by atoms with Crippen LogP contribution in [0.2, 0.25) is 0 Å². The Bertz CT molecular complexity index is 1050. The zero-order valence-electron chi connectivity index (χ0n) is 16.2. The molecule has 0 saturated heterocycles. The number of anilines is 2. The minimum absolute atomic E-state index is 0.144. The van der Waals surface area contributed by atoms with Gasteiger partial charge in [-0.25, -0.2) is 0 Å². The maximum absolute atomic E-state index is 12.4. The van der Waals surface area contributed by atoms with E-state index in [1.165, 1.54) is 25.6 Å². The van der Waals surface area contributed by atoms with Crippen molar-refractivity contribution in [2.24, 2.45) is 0 Å². The van der Waals surface area contributed by atoms with E-state index in [-0.39, 0.29) is 16.9 Å². The molecule has 0 aliphatic carbocycles. The molecule has 2 aromatic carbocycles. The molecular formula is C21H19N3O4S2. The first kappa shape index (κ1) is 21.3. The normalized spacial score (nSPS) is 10.1. The average molecular weight is 442 g/mol. The second-order valence-corrected chi connectivity index (χ2v) is 7.34. The van der Waals surface area contributed by atoms with Gasteiger partial charge in [0, 0.05) is 16.9 Å². The molecule has 154 valence electrons. The lowest BCUT2D eigenvalue weighted by molar-refractivity contribution is 0.0976. The number of thiophene rings is 1. The summed E-state index contributed by atoms with van der Waals surface area (Å²) in [6.45, 7) is 0. The number of thiocarbonyl (C=S) groups is 1. The summed E-state index contributed by atoms with van der Waals surface area (Å²) in [5.74, 6) is 0.432. The van der Waals surface area contributed by atoms with Crippen LogP contribution in [-0.4, -0.2) is 31.1 Å². The molecule has 9 heteroatoms. The van der Waals surface area contributed by atoms with E-state index in [1.54, 1.807) is 48.5 Å². The van der Waals surface area contributed by atoms with Crippen molar-refractivity contribution in [2.75, 3.05) is 24.9 Å². The van der Waals surface area contributed by atoms with Crippen LogP contribution in [0, 0.1) is 0 Å². The summed E-state index contributed by atoms with van der Waals surface area (Å²) < 4.78 is 10.4. The van der Waals surface area contributed by atoms with Gasteiger partial charge in [0.25, 0.3) is 11.8 Å². The van der Waals surface area contributed by atoms with Crippen LogP contribution in [-0.2, 0) is 0 Å². The van der Waals surface area contributed by atoms with Crippen LogP contribution in [0.1, 0.15) is 20.0 Å². The third-order valence-electron chi connectivity index (χ3n) is 4.02. The highest BCUT2D eigenvalue weighted by Crippen LogP contribution is 2.27. The monoisotopic (exact) mass is 441 g/mol. The van der Waals surface area contributed by atoms with Crippen LogP contribution in [0.3, 0.4) is 0 Å². The number of hydrogen-bond donors (Lipinski definition) is 3. The van der Waals surface area contributed by atoms with Crippen LogP contribution in [0.5, 0.6) is 11.5 Å². The predicted molar refractivity (Wildman–Crippen MR) is 122 cm³/mol. The number of carbonyl (C=O) groups excluding carboxylic acids is 2. The van der Waals surface area contributed by atoms with E-state index >= 15 is 0 Å². The molecule has 3 aromatic rings. The Morgan fingerprint density at radius 3 is 2.13 bits per heavy atom. The molecule has 0 unspecified atom stereocenters. The molecule has 1 heterocycles. The van der Waals surface area contributed by atoms with Crippen molar-refractivity contribution in [2.45, 2.75) is 0 Å². The Balaban J connectivity index is 1.57. The van der Waals surface area contributed by atoms with Crippen LogP contribution < -0.4 is 25.4 Å². The summed E-state index contributed by atoms with van der Waals surface area (Å²) in [4.78, 5) is 25.1. The van der Waals surface area contributed by atoms with E-state index in [4.69, 9.17) is 21.7 Å². The van der Waals surface area contributed by atoms with Crippen molar-refractivity contribution < 1.29 is 19.1 Å². The van der Waals surface area contributed by atoms with Crippen molar-refractivity contribution in [1.82, 2.24) is 5.32 Å². The van der Waals surface area contributed by atoms with Gasteiger partial charge in [-0.15, -0.1) is 11.3 Å². The first-order chi connectivity index (χ1) is 14.5. The van der Waals surface area contributed by atoms with Crippen LogP contribution in [0.4, 0.5) is 11.4 Å². The van der Waals surface area contributed by atoms with E-state index < -0.39 is 0 Å². The Morgan fingerprint density at radius 2 is 1.53 bits per heavy atom. The third-order valence-corrected chi connectivity index (χ3v) is 5.09. The van der Waals surface area contributed by atoms with E-state index in [1.807, 2.05) is 11.4 Å². The summed E-state index contributed by atoms with van der Waals surface area (Å²) in [6.07, 6.45) is 0. The first-order valence-corrected chi connectivity index (χ1v) is 10.1. The van der Waals surface area contributed by atoms with Gasteiger partial charge in [-0.2, -0.15) is 0 Å². The van der Waals surface area contributed by atoms with E-state index in [9.17, 15) is 9.59 Å². The second kappa shape index (κ2) is 9.86. The molecule has 1 aromatic heterocycles. The van der Waals surface area contributed by atoms with Gasteiger partial charge in [-0.3, -0.25) is 14.9 Å². The van der Waals surface area contributed by atoms with Gasteiger partial charge < -0.3 is 20.1 Å². The van der Waals surface area contributed by atoms with Gasteiger partial charge in [0.15, 0.2) is 16.6 Å². The van der Waals surface area contributed by atoms with Crippen LogP contribution >= 0.6 is 23.6 Å². The van der Waals surface area contributed by atoms with Gasteiger partial charge >= 0.3 is 0 Å². The standard InChI is InChI=1S/C21H19N3O4S2/c1-27-16-10-5-13(12-17(16)28-2)19(25)24-21(29)23-15-8-6-14(7-9-15)22-20(26)18-4-3-11-30-18/h3-12H,1-2H3,(H,22,26)(H2,23,24,25,29). The Morgan fingerprint density at radius 1 is 0.867 bits per heavy atom. The van der Waals surface area contributed by atoms with E-state index in [0.29, 0.717) is 33.3 Å². The number of hydrogen-bond acceptors (Lipinski definition) is 6. The number of ether oxygens (including phenoxy) is 2. The van der Waals surface area contributed by atoms with Crippen molar-refractivity contribution in [1.29, 1.82) is 0 Å². The quantitative estimate of drug-likeness (QED) is 0.498. The number of amides is 2. The molecule has 0 atom stereocenters. The zero-order valence-corrected chi connectivity index (χ0v) is 17.9. The molecule has 0 radical (unpaired) electrons. The molecule has 0 aliphatic heterocycles. The van der Waals surface area contributed by atoms with Gasteiger partial charge in [0.1, 0.15) is 0 Å². The molecule has 3 rings (SSSR count). The average Bonchev–Trinajstić information content (AvgIpc) is 3.29. The van der Waals surface area contributed by atoms with Gasteiger partial charge in [0.05, 0.1) is 19.1 Å². The van der Waals surface area contributed by atoms with E-state index in [2.05, 4.69) is 16.0 Å². The SMILES string of the molecule is COc1ccc(C(=O)NC(=S)Nc2ccc(NC(=O)c3cccs3)cc2)cc1OC. The lowest BCUT2D eigenvalue weighted by Crippen LogP contribution is -2.34. The van der Waals surface area contributed by atoms with Gasteiger partial charge in [-0.1, -0.05) is 6.07 Å². The maximum atomic E-state index is 12.4. The van der Waals surface area contributed by atoms with Crippen LogP contribution in [0.25, 0.3) is 0 Å². The molecule has 3 N–H and O–H groups in total. The first-order valence-electron chi connectivity index (χ1n) is 8.79. The highest BCUT2D eigenvalue weighted by molar-refractivity contribution is 7.80. The number of benzene rings is 2. The lowest BCUT2D eigenvalue weighted by atomic mass is 10.2. The summed E-state index contributed by atoms with van der Waals surface area (Å²) in [5.41, 5.74) is 1.70. The minimum Gasteiger partial charge on any atom is -0.493 e. The van der Waals surface area contributed by atoms with Gasteiger partial charge in [0.2, 0.25) is 0 Å². The van der Waals surface area contributed by atoms with Gasteiger partial charge in [-0.05, 0) is 66.1 Å². The summed E-state index contributed by atoms with van der Waals surface area (Å²) in [5, 5.41) is 10.4. The molecule has 0 spiro atoms. The minimum atomic E-state index is -0.381. The number of rotatable bonds is 6. The van der Waals surface area contributed by atoms with E-state index in [0.717, 1.165) is 0 Å². The fourth-order valence-electron chi connectivity index (χ4n) is 2.55. The molecular weight excluding hydrogens is 422 g/mol. The number of methoxy groups -OCH3 is 2. The summed E-state index contributed by atoms with van der Waals surface area (Å²) in [6, 6.07) is 15.4. The molecule has 0 fully saturated rings. The Hall–Kier alpha value is -3.43. The van der Waals surface area contributed by atoms with Crippen molar-refractivity contribution in [3.63, 3.8) is 0 Å². The van der Waals surface area contributed by atoms with Crippen molar-refractivity contribution >= 4 is 51.9 Å². The Kier molecular flexibility index (Phi) is 6.99. The molecule has 30 heavy (non-hydrogen) atoms. The largest absolute Gasteiger partial charge is 0.493 e. The second-order valence-electron chi connectivity index (χ2n) is 5.99.